The number of phenols is 1. The molecule has 2 aromatic rings. The Hall–Kier alpha value is -2.89. The first-order chi connectivity index (χ1) is 10.5. The number of amides is 3. The molecule has 22 heavy (non-hydrogen) atoms. The molecule has 3 rings (SSSR count). The monoisotopic (exact) mass is 297 g/mol. The molecule has 1 aliphatic rings. The van der Waals surface area contributed by atoms with E-state index in [-0.39, 0.29) is 11.7 Å². The zero-order valence-corrected chi connectivity index (χ0v) is 12.2. The average Bonchev–Trinajstić information content (AvgIpc) is 2.80. The maximum absolute atomic E-state index is 12.6. The van der Waals surface area contributed by atoms with E-state index in [1.165, 1.54) is 12.4 Å². The van der Waals surface area contributed by atoms with Crippen LogP contribution in [0.2, 0.25) is 0 Å². The summed E-state index contributed by atoms with van der Waals surface area (Å²) in [7, 11) is 0. The summed E-state index contributed by atoms with van der Waals surface area (Å²) in [6.45, 7) is 3.52. The van der Waals surface area contributed by atoms with E-state index in [9.17, 15) is 14.7 Å². The fourth-order valence-corrected chi connectivity index (χ4v) is 2.60. The largest absolute Gasteiger partial charge is 0.507 e. The lowest BCUT2D eigenvalue weighted by Crippen LogP contribution is -2.30. The molecule has 2 heterocycles. The number of aryl methyl sites for hydroxylation is 2. The van der Waals surface area contributed by atoms with Gasteiger partial charge in [0.2, 0.25) is 0 Å². The second-order valence-electron chi connectivity index (χ2n) is 5.26. The number of imide groups is 1. The Kier molecular flexibility index (Phi) is 3.29. The van der Waals surface area contributed by atoms with Crippen LogP contribution in [0.3, 0.4) is 0 Å². The van der Waals surface area contributed by atoms with Crippen molar-refractivity contribution in [3.63, 3.8) is 0 Å². The molecule has 3 amide bonds. The van der Waals surface area contributed by atoms with E-state index in [0.29, 0.717) is 22.4 Å². The fourth-order valence-electron chi connectivity index (χ4n) is 2.60. The molecule has 112 valence electrons. The van der Waals surface area contributed by atoms with Gasteiger partial charge in [-0.05, 0) is 54.8 Å². The third kappa shape index (κ3) is 2.18. The minimum atomic E-state index is -0.751. The number of phenolic OH excluding ortho intramolecular Hbond substituents is 1. The standard InChI is InChI=1S/C16H15N3O3/c1-9-7-11(8-10(2)14(9)20)13-15(21)19(16(22)18-13)12-3-5-17-6-4-12/h3-8,13,20H,1-2H3,(H,18,22)/t13-/m1/s1. The number of hydrogen-bond donors (Lipinski definition) is 2. The fraction of sp³-hybridized carbons (Fsp3) is 0.188. The lowest BCUT2D eigenvalue weighted by atomic mass is 10.00. The van der Waals surface area contributed by atoms with Gasteiger partial charge in [-0.25, -0.2) is 9.69 Å². The predicted octanol–water partition coefficient (Wildman–Crippen LogP) is 2.20. The molecule has 0 unspecified atom stereocenters. The molecular weight excluding hydrogens is 282 g/mol. The van der Waals surface area contributed by atoms with Gasteiger partial charge in [0.05, 0.1) is 5.69 Å². The van der Waals surface area contributed by atoms with Gasteiger partial charge in [0, 0.05) is 12.4 Å². The number of benzene rings is 1. The summed E-state index contributed by atoms with van der Waals surface area (Å²) in [6.07, 6.45) is 3.05. The number of nitrogens with one attached hydrogen (secondary N) is 1. The van der Waals surface area contributed by atoms with Crippen LogP contribution in [-0.4, -0.2) is 22.0 Å². The molecule has 1 fully saturated rings. The first-order valence-electron chi connectivity index (χ1n) is 6.83. The lowest BCUT2D eigenvalue weighted by molar-refractivity contribution is -0.118. The van der Waals surface area contributed by atoms with Crippen LogP contribution in [0, 0.1) is 13.8 Å². The number of carbonyl (C=O) groups is 2. The van der Waals surface area contributed by atoms with E-state index in [1.807, 2.05) is 0 Å². The molecule has 2 N–H and O–H groups in total. The highest BCUT2D eigenvalue weighted by atomic mass is 16.3. The Balaban J connectivity index is 1.98. The number of aromatic nitrogens is 1. The lowest BCUT2D eigenvalue weighted by Gasteiger charge is -2.14. The van der Waals surface area contributed by atoms with Crippen molar-refractivity contribution >= 4 is 17.6 Å². The van der Waals surface area contributed by atoms with Crippen molar-refractivity contribution in [3.8, 4) is 5.75 Å². The third-order valence-electron chi connectivity index (χ3n) is 3.71. The second kappa shape index (κ2) is 5.14. The van der Waals surface area contributed by atoms with Crippen LogP contribution in [0.1, 0.15) is 22.7 Å². The van der Waals surface area contributed by atoms with E-state index in [2.05, 4.69) is 10.3 Å². The smallest absolute Gasteiger partial charge is 0.329 e. The summed E-state index contributed by atoms with van der Waals surface area (Å²) >= 11 is 0. The Morgan fingerprint density at radius 2 is 1.73 bits per heavy atom. The molecule has 1 saturated heterocycles. The number of pyridine rings is 1. The Morgan fingerprint density at radius 3 is 2.32 bits per heavy atom. The van der Waals surface area contributed by atoms with Crippen LogP contribution in [0.25, 0.3) is 0 Å². The summed E-state index contributed by atoms with van der Waals surface area (Å²) in [5.74, 6) is -0.146. The van der Waals surface area contributed by atoms with Crippen LogP contribution in [-0.2, 0) is 4.79 Å². The maximum atomic E-state index is 12.6. The van der Waals surface area contributed by atoms with Crippen molar-refractivity contribution < 1.29 is 14.7 Å². The highest BCUT2D eigenvalue weighted by Gasteiger charge is 2.40. The van der Waals surface area contributed by atoms with E-state index in [4.69, 9.17) is 0 Å². The van der Waals surface area contributed by atoms with Crippen LogP contribution >= 0.6 is 0 Å². The van der Waals surface area contributed by atoms with Gasteiger partial charge in [-0.15, -0.1) is 0 Å². The number of rotatable bonds is 2. The van der Waals surface area contributed by atoms with Gasteiger partial charge in [-0.1, -0.05) is 0 Å². The molecule has 0 radical (unpaired) electrons. The highest BCUT2D eigenvalue weighted by Crippen LogP contribution is 2.31. The molecule has 6 nitrogen and oxygen atoms in total. The van der Waals surface area contributed by atoms with Gasteiger partial charge >= 0.3 is 6.03 Å². The van der Waals surface area contributed by atoms with Gasteiger partial charge in [0.15, 0.2) is 0 Å². The molecule has 1 aromatic carbocycles. The minimum Gasteiger partial charge on any atom is -0.507 e. The Labute approximate surface area is 127 Å². The van der Waals surface area contributed by atoms with Crippen molar-refractivity contribution in [1.82, 2.24) is 10.3 Å². The van der Waals surface area contributed by atoms with Gasteiger partial charge in [0.1, 0.15) is 11.8 Å². The Morgan fingerprint density at radius 1 is 1.14 bits per heavy atom. The summed E-state index contributed by atoms with van der Waals surface area (Å²) < 4.78 is 0. The van der Waals surface area contributed by atoms with Crippen LogP contribution in [0.15, 0.2) is 36.7 Å². The quantitative estimate of drug-likeness (QED) is 0.832. The van der Waals surface area contributed by atoms with E-state index in [0.717, 1.165) is 4.90 Å². The molecule has 1 aliphatic heterocycles. The zero-order valence-electron chi connectivity index (χ0n) is 12.2. The van der Waals surface area contributed by atoms with E-state index >= 15 is 0 Å². The highest BCUT2D eigenvalue weighted by molar-refractivity contribution is 6.21. The number of aromatic hydroxyl groups is 1. The third-order valence-corrected chi connectivity index (χ3v) is 3.71. The number of carbonyl (C=O) groups excluding carboxylic acids is 2. The molecule has 1 aromatic heterocycles. The van der Waals surface area contributed by atoms with Gasteiger partial charge in [-0.3, -0.25) is 9.78 Å². The van der Waals surface area contributed by atoms with Crippen molar-refractivity contribution in [2.24, 2.45) is 0 Å². The molecule has 0 spiro atoms. The van der Waals surface area contributed by atoms with Gasteiger partial charge in [-0.2, -0.15) is 0 Å². The molecule has 6 heteroatoms. The maximum Gasteiger partial charge on any atom is 0.329 e. The molecule has 0 bridgehead atoms. The van der Waals surface area contributed by atoms with Crippen LogP contribution < -0.4 is 10.2 Å². The number of nitrogens with zero attached hydrogens (tertiary/aromatic N) is 2. The normalized spacial score (nSPS) is 17.7. The first-order valence-corrected chi connectivity index (χ1v) is 6.83. The van der Waals surface area contributed by atoms with Crippen molar-refractivity contribution in [1.29, 1.82) is 0 Å². The van der Waals surface area contributed by atoms with Gasteiger partial charge < -0.3 is 10.4 Å². The first kappa shape index (κ1) is 14.1. The second-order valence-corrected chi connectivity index (χ2v) is 5.26. The van der Waals surface area contributed by atoms with Crippen LogP contribution in [0.4, 0.5) is 10.5 Å². The average molecular weight is 297 g/mol. The van der Waals surface area contributed by atoms with Gasteiger partial charge in [0.25, 0.3) is 5.91 Å². The number of urea groups is 1. The summed E-state index contributed by atoms with van der Waals surface area (Å²) in [5.41, 5.74) is 2.47. The number of anilines is 1. The van der Waals surface area contributed by atoms with E-state index in [1.54, 1.807) is 38.1 Å². The topological polar surface area (TPSA) is 82.5 Å². The zero-order chi connectivity index (χ0) is 15.9. The summed E-state index contributed by atoms with van der Waals surface area (Å²) in [6, 6.07) is 5.41. The Bertz CT molecular complexity index is 735. The molecular formula is C16H15N3O3. The van der Waals surface area contributed by atoms with Crippen molar-refractivity contribution in [2.75, 3.05) is 4.90 Å². The molecule has 0 aliphatic carbocycles. The molecule has 1 atom stereocenters. The van der Waals surface area contributed by atoms with Crippen molar-refractivity contribution in [3.05, 3.63) is 53.3 Å². The van der Waals surface area contributed by atoms with Crippen molar-refractivity contribution in [2.45, 2.75) is 19.9 Å². The van der Waals surface area contributed by atoms with Crippen LogP contribution in [0.5, 0.6) is 5.75 Å². The summed E-state index contributed by atoms with van der Waals surface area (Å²) in [5, 5.41) is 12.5. The minimum absolute atomic E-state index is 0.200. The summed E-state index contributed by atoms with van der Waals surface area (Å²) in [4.78, 5) is 29.7. The number of hydrogen-bond acceptors (Lipinski definition) is 4. The van der Waals surface area contributed by atoms with E-state index < -0.39 is 12.1 Å². The molecule has 0 saturated carbocycles. The predicted molar refractivity (Wildman–Crippen MR) is 80.6 cm³/mol. The SMILES string of the molecule is Cc1cc([C@H]2NC(=O)N(c3ccncc3)C2=O)cc(C)c1O.